The van der Waals surface area contributed by atoms with E-state index in [2.05, 4.69) is 38.4 Å². The molecule has 0 saturated carbocycles. The standard InChI is InChI=1S/C17H16IN3O4/c1-25-15-8-11(6-7-14(15)22)9-20-21-16(23)10-19-17(24)12-4-2-3-5-13(12)18/h2-9,22H,10H2,1H3,(H,19,24)(H,21,23). The van der Waals surface area contributed by atoms with Crippen molar-refractivity contribution in [2.45, 2.75) is 0 Å². The highest BCUT2D eigenvalue weighted by Crippen LogP contribution is 2.25. The number of carbonyl (C=O) groups excluding carboxylic acids is 2. The first-order valence-corrected chi connectivity index (χ1v) is 8.30. The van der Waals surface area contributed by atoms with Crippen LogP contribution in [0, 0.1) is 3.57 Å². The third-order valence-corrected chi connectivity index (χ3v) is 4.08. The van der Waals surface area contributed by atoms with E-state index >= 15 is 0 Å². The lowest BCUT2D eigenvalue weighted by Gasteiger charge is -2.06. The van der Waals surface area contributed by atoms with Crippen LogP contribution in [0.5, 0.6) is 11.5 Å². The number of nitrogens with zero attached hydrogens (tertiary/aromatic N) is 1. The topological polar surface area (TPSA) is 100 Å². The second-order valence-electron chi connectivity index (χ2n) is 4.89. The molecule has 0 aliphatic rings. The Balaban J connectivity index is 1.84. The van der Waals surface area contributed by atoms with Gasteiger partial charge in [-0.3, -0.25) is 9.59 Å². The molecule has 0 aromatic heterocycles. The molecule has 0 radical (unpaired) electrons. The molecule has 0 unspecified atom stereocenters. The molecule has 130 valence electrons. The fourth-order valence-corrected chi connectivity index (χ4v) is 2.53. The molecule has 0 aliphatic carbocycles. The molecule has 25 heavy (non-hydrogen) atoms. The Bertz CT molecular complexity index is 808. The van der Waals surface area contributed by atoms with Gasteiger partial charge in [0.2, 0.25) is 0 Å². The number of benzene rings is 2. The van der Waals surface area contributed by atoms with Gasteiger partial charge in [0, 0.05) is 3.57 Å². The first-order valence-electron chi connectivity index (χ1n) is 7.23. The number of rotatable bonds is 6. The van der Waals surface area contributed by atoms with Crippen LogP contribution in [-0.4, -0.2) is 36.8 Å². The van der Waals surface area contributed by atoms with Crippen LogP contribution in [0.3, 0.4) is 0 Å². The third-order valence-electron chi connectivity index (χ3n) is 3.13. The van der Waals surface area contributed by atoms with Crippen molar-refractivity contribution >= 4 is 40.6 Å². The summed E-state index contributed by atoms with van der Waals surface area (Å²) in [6, 6.07) is 11.7. The molecule has 3 N–H and O–H groups in total. The number of hydrazone groups is 1. The van der Waals surface area contributed by atoms with E-state index in [0.717, 1.165) is 3.57 Å². The maximum Gasteiger partial charge on any atom is 0.259 e. The summed E-state index contributed by atoms with van der Waals surface area (Å²) in [6.07, 6.45) is 1.40. The Morgan fingerprint density at radius 2 is 2.04 bits per heavy atom. The van der Waals surface area contributed by atoms with Crippen LogP contribution >= 0.6 is 22.6 Å². The number of methoxy groups -OCH3 is 1. The lowest BCUT2D eigenvalue weighted by atomic mass is 10.2. The number of amides is 2. The van der Waals surface area contributed by atoms with Crippen molar-refractivity contribution in [3.8, 4) is 11.5 Å². The predicted octanol–water partition coefficient (Wildman–Crippen LogP) is 1.89. The zero-order valence-corrected chi connectivity index (χ0v) is 15.5. The van der Waals surface area contributed by atoms with Crippen molar-refractivity contribution in [1.29, 1.82) is 0 Å². The Labute approximate surface area is 158 Å². The minimum atomic E-state index is -0.457. The molecule has 2 aromatic rings. The van der Waals surface area contributed by atoms with E-state index in [1.165, 1.54) is 19.4 Å². The number of carbonyl (C=O) groups is 2. The van der Waals surface area contributed by atoms with Crippen molar-refractivity contribution in [2.24, 2.45) is 5.10 Å². The van der Waals surface area contributed by atoms with Crippen molar-refractivity contribution in [1.82, 2.24) is 10.7 Å². The predicted molar refractivity (Wildman–Crippen MR) is 102 cm³/mol. The van der Waals surface area contributed by atoms with Crippen LogP contribution in [0.15, 0.2) is 47.6 Å². The average Bonchev–Trinajstić information content (AvgIpc) is 2.61. The second-order valence-corrected chi connectivity index (χ2v) is 6.05. The van der Waals surface area contributed by atoms with Gasteiger partial charge in [0.15, 0.2) is 11.5 Å². The smallest absolute Gasteiger partial charge is 0.259 e. The summed E-state index contributed by atoms with van der Waals surface area (Å²) in [7, 11) is 1.44. The minimum Gasteiger partial charge on any atom is -0.504 e. The minimum absolute atomic E-state index is 0.0157. The summed E-state index contributed by atoms with van der Waals surface area (Å²) in [4.78, 5) is 23.7. The molecule has 2 rings (SSSR count). The summed E-state index contributed by atoms with van der Waals surface area (Å²) in [6.45, 7) is -0.194. The Morgan fingerprint density at radius 3 is 2.76 bits per heavy atom. The largest absolute Gasteiger partial charge is 0.504 e. The van der Waals surface area contributed by atoms with Gasteiger partial charge < -0.3 is 15.2 Å². The van der Waals surface area contributed by atoms with Gasteiger partial charge in [0.25, 0.3) is 11.8 Å². The number of hydrogen-bond acceptors (Lipinski definition) is 5. The van der Waals surface area contributed by atoms with Crippen molar-refractivity contribution < 1.29 is 19.4 Å². The van der Waals surface area contributed by atoms with Gasteiger partial charge in [-0.15, -0.1) is 0 Å². The van der Waals surface area contributed by atoms with Gasteiger partial charge in [-0.2, -0.15) is 5.10 Å². The monoisotopic (exact) mass is 453 g/mol. The highest BCUT2D eigenvalue weighted by molar-refractivity contribution is 14.1. The summed E-state index contributed by atoms with van der Waals surface area (Å²) >= 11 is 2.06. The van der Waals surface area contributed by atoms with Crippen LogP contribution in [0.25, 0.3) is 0 Å². The van der Waals surface area contributed by atoms with E-state index in [4.69, 9.17) is 4.74 Å². The fourth-order valence-electron chi connectivity index (χ4n) is 1.89. The van der Waals surface area contributed by atoms with Crippen molar-refractivity contribution in [2.75, 3.05) is 13.7 Å². The molecule has 0 saturated heterocycles. The lowest BCUT2D eigenvalue weighted by Crippen LogP contribution is -2.35. The first kappa shape index (κ1) is 18.7. The number of phenols is 1. The van der Waals surface area contributed by atoms with E-state index in [1.54, 1.807) is 24.3 Å². The average molecular weight is 453 g/mol. The molecule has 0 fully saturated rings. The van der Waals surface area contributed by atoms with Gasteiger partial charge in [-0.05, 0) is 58.5 Å². The molecule has 2 aromatic carbocycles. The quantitative estimate of drug-likeness (QED) is 0.354. The molecule has 0 bridgehead atoms. The lowest BCUT2D eigenvalue weighted by molar-refractivity contribution is -0.120. The van der Waals surface area contributed by atoms with Crippen LogP contribution in [0.4, 0.5) is 0 Å². The van der Waals surface area contributed by atoms with Gasteiger partial charge >= 0.3 is 0 Å². The maximum atomic E-state index is 12.0. The number of phenolic OH excluding ortho intramolecular Hbond substituents is 1. The van der Waals surface area contributed by atoms with Crippen LogP contribution < -0.4 is 15.5 Å². The summed E-state index contributed by atoms with van der Waals surface area (Å²) in [5.74, 6) is -0.462. The molecular weight excluding hydrogens is 437 g/mol. The maximum absolute atomic E-state index is 12.0. The summed E-state index contributed by atoms with van der Waals surface area (Å²) in [5, 5.41) is 15.8. The van der Waals surface area contributed by atoms with E-state index in [9.17, 15) is 14.7 Å². The van der Waals surface area contributed by atoms with Gasteiger partial charge in [0.1, 0.15) is 0 Å². The van der Waals surface area contributed by atoms with Gasteiger partial charge in [-0.25, -0.2) is 5.43 Å². The molecule has 0 spiro atoms. The van der Waals surface area contributed by atoms with E-state index in [1.807, 2.05) is 12.1 Å². The zero-order valence-electron chi connectivity index (χ0n) is 13.3. The van der Waals surface area contributed by atoms with Crippen molar-refractivity contribution in [3.63, 3.8) is 0 Å². The van der Waals surface area contributed by atoms with Crippen molar-refractivity contribution in [3.05, 3.63) is 57.2 Å². The highest BCUT2D eigenvalue weighted by Gasteiger charge is 2.10. The zero-order chi connectivity index (χ0) is 18.2. The normalized spacial score (nSPS) is 10.5. The molecule has 7 nitrogen and oxygen atoms in total. The summed E-state index contributed by atoms with van der Waals surface area (Å²) < 4.78 is 5.79. The molecule has 2 amide bonds. The Morgan fingerprint density at radius 1 is 1.28 bits per heavy atom. The second kappa shape index (κ2) is 9.02. The number of aromatic hydroxyl groups is 1. The van der Waals surface area contributed by atoms with Crippen LogP contribution in [-0.2, 0) is 4.79 Å². The molecule has 0 atom stereocenters. The molecule has 0 aliphatic heterocycles. The third kappa shape index (κ3) is 5.45. The number of hydrogen-bond donors (Lipinski definition) is 3. The van der Waals surface area contributed by atoms with E-state index in [-0.39, 0.29) is 18.2 Å². The number of ether oxygens (including phenoxy) is 1. The van der Waals surface area contributed by atoms with E-state index in [0.29, 0.717) is 16.9 Å². The highest BCUT2D eigenvalue weighted by atomic mass is 127. The van der Waals surface area contributed by atoms with Crippen LogP contribution in [0.2, 0.25) is 0 Å². The molecular formula is C17H16IN3O4. The number of halogens is 1. The van der Waals surface area contributed by atoms with Gasteiger partial charge in [0.05, 0.1) is 25.4 Å². The SMILES string of the molecule is COc1cc(C=NNC(=O)CNC(=O)c2ccccc2I)ccc1O. The number of nitrogens with one attached hydrogen (secondary N) is 2. The van der Waals surface area contributed by atoms with Gasteiger partial charge in [-0.1, -0.05) is 12.1 Å². The first-order chi connectivity index (χ1) is 12.0. The molecule has 8 heteroatoms. The summed E-state index contributed by atoms with van der Waals surface area (Å²) in [5.41, 5.74) is 3.46. The fraction of sp³-hybridized carbons (Fsp3) is 0.118. The van der Waals surface area contributed by atoms with Crippen LogP contribution in [0.1, 0.15) is 15.9 Å². The Kier molecular flexibility index (Phi) is 6.75. The molecule has 0 heterocycles. The van der Waals surface area contributed by atoms with E-state index < -0.39 is 5.91 Å². The Hall–Kier alpha value is -2.62.